The monoisotopic (exact) mass is 283 g/mol. The Morgan fingerprint density at radius 1 is 1.30 bits per heavy atom. The Labute approximate surface area is 120 Å². The SMILES string of the molecule is CCCC(NC(=O)N1CCC2CCC(C1)N2C)C(=O)O. The summed E-state index contributed by atoms with van der Waals surface area (Å²) < 4.78 is 0. The topological polar surface area (TPSA) is 72.9 Å². The van der Waals surface area contributed by atoms with Gasteiger partial charge in [0.25, 0.3) is 0 Å². The highest BCUT2D eigenvalue weighted by atomic mass is 16.4. The van der Waals surface area contributed by atoms with Gasteiger partial charge >= 0.3 is 12.0 Å². The molecule has 2 amide bonds. The average Bonchev–Trinajstić information content (AvgIpc) is 2.62. The van der Waals surface area contributed by atoms with Crippen molar-refractivity contribution in [1.29, 1.82) is 0 Å². The number of rotatable bonds is 4. The zero-order valence-electron chi connectivity index (χ0n) is 12.3. The maximum absolute atomic E-state index is 12.3. The van der Waals surface area contributed by atoms with Crippen molar-refractivity contribution in [3.63, 3.8) is 0 Å². The first kappa shape index (κ1) is 15.1. The number of nitrogens with one attached hydrogen (secondary N) is 1. The van der Waals surface area contributed by atoms with Gasteiger partial charge in [0.1, 0.15) is 6.04 Å². The number of hydrogen-bond acceptors (Lipinski definition) is 3. The van der Waals surface area contributed by atoms with Crippen molar-refractivity contribution >= 4 is 12.0 Å². The molecule has 20 heavy (non-hydrogen) atoms. The van der Waals surface area contributed by atoms with Crippen LogP contribution in [0.4, 0.5) is 4.79 Å². The van der Waals surface area contributed by atoms with E-state index < -0.39 is 12.0 Å². The first-order valence-electron chi connectivity index (χ1n) is 7.53. The third-order valence-electron chi connectivity index (χ3n) is 4.61. The van der Waals surface area contributed by atoms with Crippen molar-refractivity contribution in [3.8, 4) is 0 Å². The number of hydrogen-bond donors (Lipinski definition) is 2. The molecule has 2 aliphatic heterocycles. The fourth-order valence-electron chi connectivity index (χ4n) is 3.28. The number of aliphatic carboxylic acids is 1. The lowest BCUT2D eigenvalue weighted by molar-refractivity contribution is -0.139. The molecule has 0 saturated carbocycles. The summed E-state index contributed by atoms with van der Waals surface area (Å²) >= 11 is 0. The molecule has 2 saturated heterocycles. The number of nitrogens with zero attached hydrogens (tertiary/aromatic N) is 2. The molecule has 2 heterocycles. The quantitative estimate of drug-likeness (QED) is 0.811. The number of likely N-dealkylation sites (N-methyl/N-ethyl adjacent to an activating group) is 1. The van der Waals surface area contributed by atoms with Gasteiger partial charge in [-0.15, -0.1) is 0 Å². The molecule has 0 aliphatic carbocycles. The number of fused-ring (bicyclic) bond motifs is 2. The van der Waals surface area contributed by atoms with Gasteiger partial charge in [-0.3, -0.25) is 4.90 Å². The molecule has 0 spiro atoms. The molecule has 2 aliphatic rings. The van der Waals surface area contributed by atoms with Crippen LogP contribution in [0, 0.1) is 0 Å². The lowest BCUT2D eigenvalue weighted by Gasteiger charge is -2.27. The van der Waals surface area contributed by atoms with Crippen LogP contribution < -0.4 is 5.32 Å². The van der Waals surface area contributed by atoms with Crippen molar-refractivity contribution in [3.05, 3.63) is 0 Å². The van der Waals surface area contributed by atoms with Gasteiger partial charge in [-0.25, -0.2) is 9.59 Å². The lowest BCUT2D eigenvalue weighted by Crippen LogP contribution is -2.50. The first-order chi connectivity index (χ1) is 9.52. The first-order valence-corrected chi connectivity index (χ1v) is 7.53. The van der Waals surface area contributed by atoms with Crippen LogP contribution in [0.3, 0.4) is 0 Å². The highest BCUT2D eigenvalue weighted by molar-refractivity contribution is 5.82. The summed E-state index contributed by atoms with van der Waals surface area (Å²) in [6, 6.07) is -0.0103. The molecule has 2 N–H and O–H groups in total. The van der Waals surface area contributed by atoms with Crippen LogP contribution in [0.15, 0.2) is 0 Å². The smallest absolute Gasteiger partial charge is 0.326 e. The molecule has 2 fully saturated rings. The summed E-state index contributed by atoms with van der Waals surface area (Å²) in [7, 11) is 2.13. The second-order valence-electron chi connectivity index (χ2n) is 5.91. The predicted molar refractivity (Wildman–Crippen MR) is 75.6 cm³/mol. The van der Waals surface area contributed by atoms with E-state index >= 15 is 0 Å². The summed E-state index contributed by atoms with van der Waals surface area (Å²) in [6.07, 6.45) is 4.53. The van der Waals surface area contributed by atoms with E-state index in [0.29, 0.717) is 25.0 Å². The average molecular weight is 283 g/mol. The molecule has 0 aromatic carbocycles. The normalized spacial score (nSPS) is 28.0. The van der Waals surface area contributed by atoms with E-state index in [1.54, 1.807) is 4.90 Å². The van der Waals surface area contributed by atoms with E-state index in [1.807, 2.05) is 6.92 Å². The highest BCUT2D eigenvalue weighted by Gasteiger charge is 2.36. The maximum Gasteiger partial charge on any atom is 0.326 e. The van der Waals surface area contributed by atoms with Crippen molar-refractivity contribution in [2.75, 3.05) is 20.1 Å². The minimum absolute atomic E-state index is 0.230. The predicted octanol–water partition coefficient (Wildman–Crippen LogP) is 1.12. The molecule has 0 aromatic heterocycles. The van der Waals surface area contributed by atoms with E-state index in [1.165, 1.54) is 6.42 Å². The van der Waals surface area contributed by atoms with Crippen molar-refractivity contribution in [2.24, 2.45) is 0 Å². The number of likely N-dealkylation sites (tertiary alicyclic amines) is 1. The molecule has 6 heteroatoms. The molecule has 3 unspecified atom stereocenters. The highest BCUT2D eigenvalue weighted by Crippen LogP contribution is 2.28. The third-order valence-corrected chi connectivity index (χ3v) is 4.61. The van der Waals surface area contributed by atoms with Crippen molar-refractivity contribution in [2.45, 2.75) is 57.2 Å². The van der Waals surface area contributed by atoms with E-state index in [0.717, 1.165) is 25.8 Å². The lowest BCUT2D eigenvalue weighted by atomic mass is 10.1. The molecule has 2 bridgehead atoms. The summed E-state index contributed by atoms with van der Waals surface area (Å²) in [5.41, 5.74) is 0. The summed E-state index contributed by atoms with van der Waals surface area (Å²) in [4.78, 5) is 27.5. The van der Waals surface area contributed by atoms with E-state index in [9.17, 15) is 9.59 Å². The number of carbonyl (C=O) groups is 2. The van der Waals surface area contributed by atoms with Crippen LogP contribution in [-0.4, -0.2) is 65.2 Å². The van der Waals surface area contributed by atoms with Crippen molar-refractivity contribution in [1.82, 2.24) is 15.1 Å². The van der Waals surface area contributed by atoms with Crippen LogP contribution in [0.1, 0.15) is 39.0 Å². The summed E-state index contributed by atoms with van der Waals surface area (Å²) in [5, 5.41) is 11.8. The van der Waals surface area contributed by atoms with Crippen molar-refractivity contribution < 1.29 is 14.7 Å². The van der Waals surface area contributed by atoms with E-state index in [-0.39, 0.29) is 6.03 Å². The Kier molecular flexibility index (Phi) is 4.86. The maximum atomic E-state index is 12.3. The molecule has 2 rings (SSSR count). The van der Waals surface area contributed by atoms with Gasteiger partial charge in [0.05, 0.1) is 0 Å². The van der Waals surface area contributed by atoms with Gasteiger partial charge in [-0.2, -0.15) is 0 Å². The van der Waals surface area contributed by atoms with E-state index in [4.69, 9.17) is 5.11 Å². The Morgan fingerprint density at radius 2 is 2.00 bits per heavy atom. The number of urea groups is 1. The molecule has 0 aromatic rings. The van der Waals surface area contributed by atoms with Gasteiger partial charge in [-0.05, 0) is 32.7 Å². The Bertz CT molecular complexity index is 375. The zero-order valence-corrected chi connectivity index (χ0v) is 12.3. The van der Waals surface area contributed by atoms with Gasteiger partial charge in [0.2, 0.25) is 0 Å². The molecular formula is C14H25N3O3. The Hall–Kier alpha value is -1.30. The number of amides is 2. The van der Waals surface area contributed by atoms with Gasteiger partial charge in [-0.1, -0.05) is 13.3 Å². The van der Waals surface area contributed by atoms with Crippen LogP contribution >= 0.6 is 0 Å². The molecular weight excluding hydrogens is 258 g/mol. The Balaban J connectivity index is 1.93. The fraction of sp³-hybridized carbons (Fsp3) is 0.857. The minimum Gasteiger partial charge on any atom is -0.480 e. The van der Waals surface area contributed by atoms with Crippen LogP contribution in [0.2, 0.25) is 0 Å². The number of carboxylic acid groups (broad SMARTS) is 1. The fourth-order valence-corrected chi connectivity index (χ4v) is 3.28. The second kappa shape index (κ2) is 6.43. The summed E-state index contributed by atoms with van der Waals surface area (Å²) in [6.45, 7) is 3.34. The number of carboxylic acids is 1. The van der Waals surface area contributed by atoms with Crippen LogP contribution in [-0.2, 0) is 4.79 Å². The minimum atomic E-state index is -0.950. The van der Waals surface area contributed by atoms with Gasteiger partial charge < -0.3 is 15.3 Å². The molecule has 6 nitrogen and oxygen atoms in total. The second-order valence-corrected chi connectivity index (χ2v) is 5.91. The van der Waals surface area contributed by atoms with Gasteiger partial charge in [0.15, 0.2) is 0 Å². The third kappa shape index (κ3) is 3.23. The van der Waals surface area contributed by atoms with Gasteiger partial charge in [0, 0.05) is 25.2 Å². The Morgan fingerprint density at radius 3 is 2.65 bits per heavy atom. The molecule has 0 radical (unpaired) electrons. The number of carbonyl (C=O) groups excluding carboxylic acids is 1. The standard InChI is InChI=1S/C14H25N3O3/c1-3-4-12(13(18)19)15-14(20)17-8-7-10-5-6-11(9-17)16(10)2/h10-12H,3-9H2,1-2H3,(H,15,20)(H,18,19). The van der Waals surface area contributed by atoms with Crippen LogP contribution in [0.5, 0.6) is 0 Å². The largest absolute Gasteiger partial charge is 0.480 e. The zero-order chi connectivity index (χ0) is 14.7. The molecule has 114 valence electrons. The summed E-state index contributed by atoms with van der Waals surface area (Å²) in [5.74, 6) is -0.950. The molecule has 3 atom stereocenters. The van der Waals surface area contributed by atoms with E-state index in [2.05, 4.69) is 17.3 Å². The van der Waals surface area contributed by atoms with Crippen LogP contribution in [0.25, 0.3) is 0 Å².